The van der Waals surface area contributed by atoms with Gasteiger partial charge in [0.05, 0.1) is 41.5 Å². The molecule has 0 saturated carbocycles. The number of amides is 1. The molecule has 2 aliphatic rings. The van der Waals surface area contributed by atoms with Gasteiger partial charge in [-0.15, -0.1) is 0 Å². The first-order chi connectivity index (χ1) is 17.0. The van der Waals surface area contributed by atoms with E-state index in [9.17, 15) is 15.2 Å². The van der Waals surface area contributed by atoms with Crippen LogP contribution >= 0.6 is 0 Å². The number of aromatic nitrogens is 5. The van der Waals surface area contributed by atoms with Gasteiger partial charge in [-0.25, -0.2) is 14.0 Å². The molecule has 35 heavy (non-hydrogen) atoms. The summed E-state index contributed by atoms with van der Waals surface area (Å²) in [7, 11) is 0. The number of likely N-dealkylation sites (tertiary alicyclic amines) is 1. The number of hydrogen-bond donors (Lipinski definition) is 1. The maximum absolute atomic E-state index is 13.6. The predicted octanol–water partition coefficient (Wildman–Crippen LogP) is 2.37. The van der Waals surface area contributed by atoms with Crippen molar-refractivity contribution >= 4 is 22.9 Å². The van der Waals surface area contributed by atoms with Crippen LogP contribution < -0.4 is 4.90 Å². The maximum Gasteiger partial charge on any atom is 0.273 e. The highest BCUT2D eigenvalue weighted by Crippen LogP contribution is 2.33. The van der Waals surface area contributed by atoms with Crippen LogP contribution in [-0.2, 0) is 0 Å². The Kier molecular flexibility index (Phi) is 5.15. The summed E-state index contributed by atoms with van der Waals surface area (Å²) < 4.78 is 3.45. The number of hydrogen-bond acceptors (Lipinski definition) is 7. The lowest BCUT2D eigenvalue weighted by molar-refractivity contribution is 0.0596. The highest BCUT2D eigenvalue weighted by molar-refractivity contribution is 5.93. The lowest BCUT2D eigenvalue weighted by atomic mass is 9.99. The number of carbonyl (C=O) groups is 1. The van der Waals surface area contributed by atoms with Gasteiger partial charge < -0.3 is 14.9 Å². The number of piperidine rings is 1. The Hall–Kier alpha value is -3.97. The quantitative estimate of drug-likeness (QED) is 0.489. The van der Waals surface area contributed by atoms with E-state index in [1.807, 2.05) is 53.3 Å². The number of anilines is 1. The van der Waals surface area contributed by atoms with E-state index in [4.69, 9.17) is 10.1 Å². The molecular formula is C25H26N8O2. The number of rotatable bonds is 3. The molecule has 0 aliphatic carbocycles. The molecule has 6 heterocycles. The second kappa shape index (κ2) is 8.36. The summed E-state index contributed by atoms with van der Waals surface area (Å²) in [5.74, 6) is 0.274. The highest BCUT2D eigenvalue weighted by Gasteiger charge is 2.34. The average Bonchev–Trinajstić information content (AvgIpc) is 3.60. The Balaban J connectivity index is 1.34. The monoisotopic (exact) mass is 470 g/mol. The van der Waals surface area contributed by atoms with Gasteiger partial charge in [0.2, 0.25) is 0 Å². The number of aliphatic hydroxyl groups excluding tert-OH is 1. The van der Waals surface area contributed by atoms with E-state index < -0.39 is 12.0 Å². The van der Waals surface area contributed by atoms with Crippen LogP contribution in [0.2, 0.25) is 0 Å². The van der Waals surface area contributed by atoms with Gasteiger partial charge in [0.25, 0.3) is 5.91 Å². The highest BCUT2D eigenvalue weighted by atomic mass is 16.3. The Labute approximate surface area is 202 Å². The Morgan fingerprint density at radius 3 is 2.94 bits per heavy atom. The topological polar surface area (TPSA) is 115 Å². The van der Waals surface area contributed by atoms with Gasteiger partial charge in [-0.3, -0.25) is 4.79 Å². The summed E-state index contributed by atoms with van der Waals surface area (Å²) in [6, 6.07) is 11.5. The SMILES string of the molecule is Cc1cn2nc([C@@H]3CCCCN3C(=O)c3cccc4ccnn34)cc2nc1N1C[C@@H](C#N)[C@@H](O)C1. The first-order valence-corrected chi connectivity index (χ1v) is 12.0. The minimum Gasteiger partial charge on any atom is -0.390 e. The fourth-order valence-corrected chi connectivity index (χ4v) is 5.33. The second-order valence-corrected chi connectivity index (χ2v) is 9.42. The number of fused-ring (bicyclic) bond motifs is 2. The van der Waals surface area contributed by atoms with Gasteiger partial charge in [-0.05, 0) is 44.4 Å². The van der Waals surface area contributed by atoms with Crippen LogP contribution in [0.15, 0.2) is 42.7 Å². The van der Waals surface area contributed by atoms with Gasteiger partial charge in [-0.1, -0.05) is 6.07 Å². The molecule has 3 atom stereocenters. The minimum atomic E-state index is -0.682. The number of nitrogens with zero attached hydrogens (tertiary/aromatic N) is 8. The van der Waals surface area contributed by atoms with Crippen LogP contribution in [0, 0.1) is 24.2 Å². The summed E-state index contributed by atoms with van der Waals surface area (Å²) in [4.78, 5) is 22.3. The first kappa shape index (κ1) is 21.6. The molecule has 0 bridgehead atoms. The van der Waals surface area contributed by atoms with Crippen molar-refractivity contribution in [2.75, 3.05) is 24.5 Å². The molecule has 10 nitrogen and oxygen atoms in total. The lowest BCUT2D eigenvalue weighted by Crippen LogP contribution is -2.39. The van der Waals surface area contributed by atoms with Crippen molar-refractivity contribution < 1.29 is 9.90 Å². The molecule has 0 aromatic carbocycles. The maximum atomic E-state index is 13.6. The van der Waals surface area contributed by atoms with Gasteiger partial charge in [0.1, 0.15) is 11.5 Å². The zero-order chi connectivity index (χ0) is 24.1. The Morgan fingerprint density at radius 2 is 2.11 bits per heavy atom. The van der Waals surface area contributed by atoms with Crippen molar-refractivity contribution in [1.29, 1.82) is 5.26 Å². The molecule has 2 saturated heterocycles. The molecule has 4 aromatic rings. The number of nitriles is 1. The second-order valence-electron chi connectivity index (χ2n) is 9.42. The normalized spacial score (nSPS) is 22.7. The van der Waals surface area contributed by atoms with E-state index in [0.717, 1.165) is 41.9 Å². The fourth-order valence-electron chi connectivity index (χ4n) is 5.33. The van der Waals surface area contributed by atoms with Crippen molar-refractivity contribution in [1.82, 2.24) is 29.1 Å². The minimum absolute atomic E-state index is 0.0560. The summed E-state index contributed by atoms with van der Waals surface area (Å²) in [5.41, 5.74) is 3.84. The van der Waals surface area contributed by atoms with Crippen molar-refractivity contribution in [3.8, 4) is 6.07 Å². The van der Waals surface area contributed by atoms with Crippen LogP contribution in [0.3, 0.4) is 0 Å². The molecule has 1 N–H and O–H groups in total. The molecule has 2 fully saturated rings. The number of carbonyl (C=O) groups excluding carboxylic acids is 1. The molecule has 1 amide bonds. The van der Waals surface area contributed by atoms with Crippen molar-refractivity contribution in [2.45, 2.75) is 38.3 Å². The Bertz CT molecular complexity index is 1470. The van der Waals surface area contributed by atoms with Crippen molar-refractivity contribution in [3.05, 3.63) is 59.7 Å². The fraction of sp³-hybridized carbons (Fsp3) is 0.400. The summed E-state index contributed by atoms with van der Waals surface area (Å²) in [6.45, 7) is 3.45. The zero-order valence-corrected chi connectivity index (χ0v) is 19.4. The van der Waals surface area contributed by atoms with Gasteiger partial charge in [0, 0.05) is 37.5 Å². The predicted molar refractivity (Wildman–Crippen MR) is 128 cm³/mol. The van der Waals surface area contributed by atoms with Crippen LogP contribution in [0.1, 0.15) is 47.1 Å². The molecule has 0 unspecified atom stereocenters. The molecule has 4 aromatic heterocycles. The molecule has 10 heteroatoms. The van der Waals surface area contributed by atoms with Crippen LogP contribution in [0.4, 0.5) is 5.82 Å². The molecule has 0 radical (unpaired) electrons. The lowest BCUT2D eigenvalue weighted by Gasteiger charge is -2.34. The van der Waals surface area contributed by atoms with Crippen LogP contribution in [0.5, 0.6) is 0 Å². The van der Waals surface area contributed by atoms with E-state index in [1.165, 1.54) is 0 Å². The molecular weight excluding hydrogens is 444 g/mol. The van der Waals surface area contributed by atoms with E-state index in [0.29, 0.717) is 31.0 Å². The van der Waals surface area contributed by atoms with E-state index >= 15 is 0 Å². The summed E-state index contributed by atoms with van der Waals surface area (Å²) >= 11 is 0. The third-order valence-corrected chi connectivity index (χ3v) is 7.12. The smallest absolute Gasteiger partial charge is 0.273 e. The van der Waals surface area contributed by atoms with E-state index in [1.54, 1.807) is 15.2 Å². The summed E-state index contributed by atoms with van der Waals surface area (Å²) in [5, 5.41) is 28.6. The first-order valence-electron chi connectivity index (χ1n) is 12.0. The third-order valence-electron chi connectivity index (χ3n) is 7.12. The number of β-amino-alcohol motifs (C(OH)–C–C–N with tert-alkyl or cyclic N) is 1. The van der Waals surface area contributed by atoms with Gasteiger partial charge in [-0.2, -0.15) is 15.5 Å². The third kappa shape index (κ3) is 3.59. The van der Waals surface area contributed by atoms with Crippen LogP contribution in [-0.4, -0.2) is 65.9 Å². The van der Waals surface area contributed by atoms with Gasteiger partial charge in [0.15, 0.2) is 5.65 Å². The van der Waals surface area contributed by atoms with E-state index in [2.05, 4.69) is 11.2 Å². The molecule has 6 rings (SSSR count). The molecule has 0 spiro atoms. The molecule has 178 valence electrons. The van der Waals surface area contributed by atoms with E-state index in [-0.39, 0.29) is 11.9 Å². The molecule has 2 aliphatic heterocycles. The number of aryl methyl sites for hydroxylation is 1. The van der Waals surface area contributed by atoms with Crippen LogP contribution in [0.25, 0.3) is 11.2 Å². The van der Waals surface area contributed by atoms with Crippen molar-refractivity contribution in [3.63, 3.8) is 0 Å². The van der Waals surface area contributed by atoms with Gasteiger partial charge >= 0.3 is 0 Å². The average molecular weight is 471 g/mol. The Morgan fingerprint density at radius 1 is 1.23 bits per heavy atom. The largest absolute Gasteiger partial charge is 0.390 e. The van der Waals surface area contributed by atoms with Crippen molar-refractivity contribution in [2.24, 2.45) is 5.92 Å². The number of aliphatic hydroxyl groups is 1. The summed E-state index contributed by atoms with van der Waals surface area (Å²) in [6.07, 6.45) is 5.74. The number of pyridine rings is 1. The standard InChI is InChI=1S/C25H26N8O2/c1-16-13-32-23(28-24(16)30-14-17(12-26)22(34)15-30)11-19(29-32)20-6-2-3-10-31(20)25(35)21-7-4-5-18-8-9-27-33(18)21/h4-5,7-9,11,13,17,20,22,34H,2-3,6,10,14-15H2,1H3/t17-,20+,22+/m1/s1. The zero-order valence-electron chi connectivity index (χ0n) is 19.4.